The van der Waals surface area contributed by atoms with E-state index in [1.807, 2.05) is 18.4 Å². The largest absolute Gasteiger partial charge is 0.508 e. The Labute approximate surface area is 201 Å². The van der Waals surface area contributed by atoms with Crippen LogP contribution in [0.4, 0.5) is 24.7 Å². The first kappa shape index (κ1) is 24.5. The molecule has 0 radical (unpaired) electrons. The van der Waals surface area contributed by atoms with Crippen LogP contribution in [0.5, 0.6) is 5.75 Å². The molecule has 4 aromatic rings. The Kier molecular flexibility index (Phi) is 7.22. The van der Waals surface area contributed by atoms with Gasteiger partial charge in [-0.2, -0.15) is 13.2 Å². The van der Waals surface area contributed by atoms with Crippen molar-refractivity contribution in [3.63, 3.8) is 0 Å². The number of carbonyl (C=O) groups is 1. The number of thiophene rings is 1. The number of phenolic OH excluding ortho intramolecular Hbond substituents is 1. The van der Waals surface area contributed by atoms with Crippen molar-refractivity contribution in [2.45, 2.75) is 25.6 Å². The minimum absolute atomic E-state index is 0.211. The Hall–Kier alpha value is -3.64. The number of benzene rings is 1. The summed E-state index contributed by atoms with van der Waals surface area (Å²) in [5.74, 6) is -0.966. The molecule has 1 aromatic carbocycles. The number of fused-ring (bicyclic) bond motifs is 1. The number of alkyl halides is 3. The van der Waals surface area contributed by atoms with Gasteiger partial charge in [0.2, 0.25) is 0 Å². The van der Waals surface area contributed by atoms with Crippen molar-refractivity contribution in [3.05, 3.63) is 54.6 Å². The molecule has 1 aliphatic rings. The molecule has 0 unspecified atom stereocenters. The van der Waals surface area contributed by atoms with E-state index in [0.29, 0.717) is 0 Å². The first-order valence-corrected chi connectivity index (χ1v) is 11.4. The highest BCUT2D eigenvalue weighted by molar-refractivity contribution is 7.22. The van der Waals surface area contributed by atoms with Crippen molar-refractivity contribution in [2.75, 3.05) is 18.4 Å². The average molecular weight is 507 g/mol. The minimum atomic E-state index is -5.08. The SMILES string of the molecule is O=C(O)C(F)(F)F.Oc1cccc(Nc2ncnc3cc(-c4cc(CN5CCCC5)co4)sc23)c1. The lowest BCUT2D eigenvalue weighted by molar-refractivity contribution is -0.192. The van der Waals surface area contributed by atoms with Gasteiger partial charge in [-0.25, -0.2) is 14.8 Å². The molecule has 8 nitrogen and oxygen atoms in total. The number of carboxylic acid groups (broad SMARTS) is 1. The molecule has 12 heteroatoms. The number of rotatable bonds is 5. The van der Waals surface area contributed by atoms with Crippen LogP contribution in [-0.4, -0.2) is 50.3 Å². The number of aromatic nitrogens is 2. The number of likely N-dealkylation sites (tertiary alicyclic amines) is 1. The van der Waals surface area contributed by atoms with E-state index in [1.165, 1.54) is 31.5 Å². The second-order valence-electron chi connectivity index (χ2n) is 7.83. The zero-order valence-corrected chi connectivity index (χ0v) is 19.1. The summed E-state index contributed by atoms with van der Waals surface area (Å²) in [4.78, 5) is 21.2. The van der Waals surface area contributed by atoms with Crippen LogP contribution in [0.2, 0.25) is 0 Å². The molecule has 0 saturated carbocycles. The maximum absolute atomic E-state index is 10.6. The van der Waals surface area contributed by atoms with Crippen LogP contribution in [0.25, 0.3) is 20.9 Å². The molecule has 0 atom stereocenters. The Morgan fingerprint density at radius 1 is 1.17 bits per heavy atom. The summed E-state index contributed by atoms with van der Waals surface area (Å²) in [5.41, 5.74) is 2.86. The highest BCUT2D eigenvalue weighted by Gasteiger charge is 2.38. The lowest BCUT2D eigenvalue weighted by Gasteiger charge is -2.11. The molecule has 5 rings (SSSR count). The summed E-state index contributed by atoms with van der Waals surface area (Å²) in [6.45, 7) is 3.28. The molecule has 4 heterocycles. The Balaban J connectivity index is 0.000000364. The van der Waals surface area contributed by atoms with Crippen LogP contribution in [0.1, 0.15) is 18.4 Å². The molecule has 0 amide bonds. The van der Waals surface area contributed by atoms with E-state index < -0.39 is 12.1 Å². The van der Waals surface area contributed by atoms with Gasteiger partial charge in [-0.1, -0.05) is 6.07 Å². The van der Waals surface area contributed by atoms with E-state index in [0.717, 1.165) is 38.9 Å². The van der Waals surface area contributed by atoms with Crippen LogP contribution in [0.3, 0.4) is 0 Å². The van der Waals surface area contributed by atoms with Gasteiger partial charge in [-0.05, 0) is 50.2 Å². The molecular formula is C23H21F3N4O4S. The molecule has 1 saturated heterocycles. The first-order chi connectivity index (χ1) is 16.7. The molecule has 0 bridgehead atoms. The van der Waals surface area contributed by atoms with Gasteiger partial charge in [0.1, 0.15) is 17.8 Å². The second-order valence-corrected chi connectivity index (χ2v) is 8.88. The van der Waals surface area contributed by atoms with Crippen LogP contribution >= 0.6 is 11.3 Å². The summed E-state index contributed by atoms with van der Waals surface area (Å²) in [7, 11) is 0. The number of aromatic hydroxyl groups is 1. The Bertz CT molecular complexity index is 1320. The van der Waals surface area contributed by atoms with Gasteiger partial charge in [0.05, 0.1) is 21.4 Å². The zero-order valence-electron chi connectivity index (χ0n) is 18.2. The van der Waals surface area contributed by atoms with Crippen molar-refractivity contribution < 1.29 is 32.6 Å². The van der Waals surface area contributed by atoms with Gasteiger partial charge in [-0.3, -0.25) is 4.90 Å². The van der Waals surface area contributed by atoms with Gasteiger partial charge >= 0.3 is 12.1 Å². The summed E-state index contributed by atoms with van der Waals surface area (Å²) < 4.78 is 38.5. The third kappa shape index (κ3) is 6.28. The summed E-state index contributed by atoms with van der Waals surface area (Å²) >= 11 is 1.60. The molecule has 35 heavy (non-hydrogen) atoms. The number of hydrogen-bond donors (Lipinski definition) is 3. The van der Waals surface area contributed by atoms with E-state index in [1.54, 1.807) is 35.9 Å². The molecule has 3 aromatic heterocycles. The first-order valence-electron chi connectivity index (χ1n) is 10.6. The molecule has 1 fully saturated rings. The fourth-order valence-corrected chi connectivity index (χ4v) is 4.59. The maximum Gasteiger partial charge on any atom is 0.490 e. The highest BCUT2D eigenvalue weighted by atomic mass is 32.1. The van der Waals surface area contributed by atoms with Crippen LogP contribution in [0, 0.1) is 0 Å². The number of furan rings is 1. The predicted molar refractivity (Wildman–Crippen MR) is 125 cm³/mol. The number of nitrogens with one attached hydrogen (secondary N) is 1. The molecule has 3 N–H and O–H groups in total. The quantitative estimate of drug-likeness (QED) is 0.319. The summed E-state index contributed by atoms with van der Waals surface area (Å²) in [6, 6.07) is 11.1. The normalized spacial score (nSPS) is 14.0. The van der Waals surface area contributed by atoms with Crippen LogP contribution < -0.4 is 5.32 Å². The topological polar surface area (TPSA) is 112 Å². The van der Waals surface area contributed by atoms with E-state index >= 15 is 0 Å². The number of hydrogen-bond acceptors (Lipinski definition) is 8. The van der Waals surface area contributed by atoms with E-state index in [2.05, 4.69) is 26.3 Å². The number of phenols is 1. The van der Waals surface area contributed by atoms with Gasteiger partial charge in [0.25, 0.3) is 0 Å². The zero-order chi connectivity index (χ0) is 25.0. The van der Waals surface area contributed by atoms with E-state index in [-0.39, 0.29) is 5.75 Å². The monoisotopic (exact) mass is 506 g/mol. The van der Waals surface area contributed by atoms with Crippen molar-refractivity contribution >= 4 is 39.0 Å². The second kappa shape index (κ2) is 10.3. The summed E-state index contributed by atoms with van der Waals surface area (Å²) in [6.07, 6.45) is 0.893. The van der Waals surface area contributed by atoms with E-state index in [4.69, 9.17) is 14.3 Å². The van der Waals surface area contributed by atoms with Crippen molar-refractivity contribution in [1.82, 2.24) is 14.9 Å². The number of carboxylic acids is 1. The van der Waals surface area contributed by atoms with Crippen LogP contribution in [-0.2, 0) is 11.3 Å². The number of halogens is 3. The maximum atomic E-state index is 10.6. The average Bonchev–Trinajstić information content (AvgIpc) is 3.55. The van der Waals surface area contributed by atoms with Crippen molar-refractivity contribution in [1.29, 1.82) is 0 Å². The molecule has 1 aliphatic heterocycles. The van der Waals surface area contributed by atoms with Gasteiger partial charge in [-0.15, -0.1) is 11.3 Å². The lowest BCUT2D eigenvalue weighted by atomic mass is 10.2. The standard InChI is InChI=1S/C21H20N4O2S.C2HF3O2/c26-16-5-3-4-15(9-16)24-21-20-17(22-13-23-21)10-19(28-20)18-8-14(12-27-18)11-25-6-1-2-7-25;3-2(4,5)1(6)7/h3-5,8-10,12-13,26H,1-2,6-7,11H2,(H,22,23,24);(H,6,7). The van der Waals surface area contributed by atoms with Crippen molar-refractivity contribution in [2.24, 2.45) is 0 Å². The van der Waals surface area contributed by atoms with Gasteiger partial charge in [0, 0.05) is 23.9 Å². The predicted octanol–water partition coefficient (Wildman–Crippen LogP) is 5.63. The highest BCUT2D eigenvalue weighted by Crippen LogP contribution is 2.37. The molecule has 0 aliphatic carbocycles. The number of nitrogens with zero attached hydrogens (tertiary/aromatic N) is 3. The summed E-state index contributed by atoms with van der Waals surface area (Å²) in [5, 5.41) is 20.1. The lowest BCUT2D eigenvalue weighted by Crippen LogP contribution is -2.21. The Morgan fingerprint density at radius 3 is 2.60 bits per heavy atom. The fraction of sp³-hybridized carbons (Fsp3) is 0.261. The third-order valence-corrected chi connectivity index (χ3v) is 6.31. The smallest absolute Gasteiger partial charge is 0.490 e. The fourth-order valence-electron chi connectivity index (χ4n) is 3.57. The van der Waals surface area contributed by atoms with Gasteiger partial charge < -0.3 is 19.9 Å². The van der Waals surface area contributed by atoms with Crippen LogP contribution in [0.15, 0.2) is 53.4 Å². The molecule has 184 valence electrons. The molecule has 0 spiro atoms. The van der Waals surface area contributed by atoms with Gasteiger partial charge in [0.15, 0.2) is 5.82 Å². The third-order valence-electron chi connectivity index (χ3n) is 5.16. The van der Waals surface area contributed by atoms with Crippen molar-refractivity contribution in [3.8, 4) is 16.4 Å². The molecular weight excluding hydrogens is 485 g/mol. The number of anilines is 2. The van der Waals surface area contributed by atoms with E-state index in [9.17, 15) is 18.3 Å². The Morgan fingerprint density at radius 2 is 1.91 bits per heavy atom. The number of aliphatic carboxylic acids is 1. The minimum Gasteiger partial charge on any atom is -0.508 e.